The number of carbonyl (C=O) groups is 1. The van der Waals surface area contributed by atoms with Crippen LogP contribution in [-0.4, -0.2) is 52.8 Å². The minimum atomic E-state index is -0.405. The molecule has 1 amide bonds. The number of nitrogens with zero attached hydrogens (tertiary/aromatic N) is 1. The van der Waals surface area contributed by atoms with E-state index in [1.807, 2.05) is 37.4 Å². The van der Waals surface area contributed by atoms with Gasteiger partial charge in [-0.1, -0.05) is 6.92 Å². The van der Waals surface area contributed by atoms with Crippen molar-refractivity contribution in [3.8, 4) is 0 Å². The van der Waals surface area contributed by atoms with Crippen LogP contribution < -0.4 is 5.32 Å². The summed E-state index contributed by atoms with van der Waals surface area (Å²) in [6, 6.07) is 1.86. The van der Waals surface area contributed by atoms with Crippen molar-refractivity contribution in [2.75, 3.05) is 12.0 Å². The van der Waals surface area contributed by atoms with Crippen LogP contribution in [0.5, 0.6) is 0 Å². The normalized spacial score (nSPS) is 29.5. The highest BCUT2D eigenvalue weighted by atomic mass is 32.2. The summed E-state index contributed by atoms with van der Waals surface area (Å²) in [5, 5.41) is 3.82. The molecule has 128 valence electrons. The van der Waals surface area contributed by atoms with E-state index in [2.05, 4.69) is 18.5 Å². The Balaban J connectivity index is 1.92. The molecule has 0 aromatic rings. The maximum atomic E-state index is 12.4. The molecule has 0 spiro atoms. The molecule has 3 unspecified atom stereocenters. The number of piperidine rings is 1. The number of nitrogens with one attached hydrogen (secondary N) is 1. The van der Waals surface area contributed by atoms with Crippen LogP contribution in [0.2, 0.25) is 0 Å². The maximum absolute atomic E-state index is 12.4. The van der Waals surface area contributed by atoms with Crippen molar-refractivity contribution in [2.45, 2.75) is 89.6 Å². The fraction of sp³-hybridized carbons (Fsp3) is 0.941. The van der Waals surface area contributed by atoms with Gasteiger partial charge in [0, 0.05) is 29.9 Å². The quantitative estimate of drug-likeness (QED) is 0.836. The second-order valence-corrected chi connectivity index (χ2v) is 8.58. The van der Waals surface area contributed by atoms with E-state index in [-0.39, 0.29) is 6.09 Å². The zero-order chi connectivity index (χ0) is 16.3. The van der Waals surface area contributed by atoms with Crippen molar-refractivity contribution in [3.63, 3.8) is 0 Å². The van der Waals surface area contributed by atoms with Gasteiger partial charge in [-0.3, -0.25) is 0 Å². The molecule has 2 aliphatic heterocycles. The average molecular weight is 329 g/mol. The van der Waals surface area contributed by atoms with E-state index in [0.29, 0.717) is 24.2 Å². The van der Waals surface area contributed by atoms with Crippen LogP contribution >= 0.6 is 11.8 Å². The Labute approximate surface area is 139 Å². The van der Waals surface area contributed by atoms with Crippen LogP contribution in [0.25, 0.3) is 0 Å². The van der Waals surface area contributed by atoms with Gasteiger partial charge in [-0.05, 0) is 59.1 Å². The highest BCUT2D eigenvalue weighted by molar-refractivity contribution is 7.98. The Bertz CT molecular complexity index is 369. The molecule has 0 aliphatic carbocycles. The molecule has 2 rings (SSSR count). The standard InChI is InChI=1S/C17H32N2O2S/c1-6-12(11-22-5)18-13-9-14-7-8-15(10-13)19(14)16(20)21-17(2,3)4/h12-15,18H,6-11H2,1-5H3. The van der Waals surface area contributed by atoms with Crippen molar-refractivity contribution in [1.82, 2.24) is 10.2 Å². The summed E-state index contributed by atoms with van der Waals surface area (Å²) in [5.41, 5.74) is -0.405. The van der Waals surface area contributed by atoms with Crippen molar-refractivity contribution < 1.29 is 9.53 Å². The third-order valence-electron chi connectivity index (χ3n) is 4.67. The van der Waals surface area contributed by atoms with Gasteiger partial charge in [0.1, 0.15) is 5.60 Å². The molecule has 2 aliphatic rings. The van der Waals surface area contributed by atoms with E-state index >= 15 is 0 Å². The molecule has 0 aromatic heterocycles. The van der Waals surface area contributed by atoms with Gasteiger partial charge in [0.15, 0.2) is 0 Å². The van der Waals surface area contributed by atoms with E-state index in [4.69, 9.17) is 4.74 Å². The molecule has 4 nitrogen and oxygen atoms in total. The first-order chi connectivity index (χ1) is 10.3. The molecule has 2 bridgehead atoms. The molecule has 5 heteroatoms. The molecule has 3 atom stereocenters. The van der Waals surface area contributed by atoms with E-state index < -0.39 is 5.60 Å². The van der Waals surface area contributed by atoms with Gasteiger partial charge in [-0.2, -0.15) is 11.8 Å². The number of carbonyl (C=O) groups excluding carboxylic acids is 1. The predicted octanol–water partition coefficient (Wildman–Crippen LogP) is 3.65. The molecule has 22 heavy (non-hydrogen) atoms. The first-order valence-corrected chi connectivity index (χ1v) is 9.99. The first kappa shape index (κ1) is 17.9. The molecule has 2 fully saturated rings. The molecule has 0 saturated carbocycles. The number of thioether (sulfide) groups is 1. The SMILES string of the molecule is CCC(CSC)NC1CC2CCC(C1)N2C(=O)OC(C)(C)C. The summed E-state index contributed by atoms with van der Waals surface area (Å²) in [5.74, 6) is 1.16. The van der Waals surface area contributed by atoms with Crippen molar-refractivity contribution in [2.24, 2.45) is 0 Å². The highest BCUT2D eigenvalue weighted by Gasteiger charge is 2.44. The van der Waals surface area contributed by atoms with Gasteiger partial charge < -0.3 is 15.0 Å². The third-order valence-corrected chi connectivity index (χ3v) is 5.41. The maximum Gasteiger partial charge on any atom is 0.410 e. The zero-order valence-electron chi connectivity index (χ0n) is 14.7. The Morgan fingerprint density at radius 3 is 2.36 bits per heavy atom. The largest absolute Gasteiger partial charge is 0.444 e. The number of hydrogen-bond acceptors (Lipinski definition) is 4. The number of ether oxygens (including phenoxy) is 1. The third kappa shape index (κ3) is 4.54. The molecule has 0 radical (unpaired) electrons. The minimum absolute atomic E-state index is 0.116. The zero-order valence-corrected chi connectivity index (χ0v) is 15.5. The van der Waals surface area contributed by atoms with Crippen LogP contribution in [0.3, 0.4) is 0 Å². The van der Waals surface area contributed by atoms with Crippen molar-refractivity contribution in [3.05, 3.63) is 0 Å². The topological polar surface area (TPSA) is 41.6 Å². The average Bonchev–Trinajstić information content (AvgIpc) is 2.68. The van der Waals surface area contributed by atoms with E-state index in [9.17, 15) is 4.79 Å². The predicted molar refractivity (Wildman–Crippen MR) is 93.5 cm³/mol. The Morgan fingerprint density at radius 1 is 1.32 bits per heavy atom. The summed E-state index contributed by atoms with van der Waals surface area (Å²) in [6.07, 6.45) is 7.61. The lowest BCUT2D eigenvalue weighted by Gasteiger charge is -2.40. The Kier molecular flexibility index (Phi) is 6.06. The summed E-state index contributed by atoms with van der Waals surface area (Å²) in [7, 11) is 0. The van der Waals surface area contributed by atoms with Crippen LogP contribution in [0.4, 0.5) is 4.79 Å². The summed E-state index contributed by atoms with van der Waals surface area (Å²) < 4.78 is 5.60. The van der Waals surface area contributed by atoms with Gasteiger partial charge in [0.05, 0.1) is 0 Å². The van der Waals surface area contributed by atoms with Crippen LogP contribution in [-0.2, 0) is 4.74 Å². The van der Waals surface area contributed by atoms with Gasteiger partial charge >= 0.3 is 6.09 Å². The minimum Gasteiger partial charge on any atom is -0.444 e. The fourth-order valence-corrected chi connectivity index (χ4v) is 4.48. The summed E-state index contributed by atoms with van der Waals surface area (Å²) in [4.78, 5) is 14.5. The Morgan fingerprint density at radius 2 is 1.91 bits per heavy atom. The fourth-order valence-electron chi connectivity index (χ4n) is 3.74. The number of rotatable bonds is 5. The smallest absolute Gasteiger partial charge is 0.410 e. The molecular formula is C17H32N2O2S. The molecule has 0 aromatic carbocycles. The second-order valence-electron chi connectivity index (χ2n) is 7.67. The van der Waals surface area contributed by atoms with E-state index in [1.54, 1.807) is 0 Å². The van der Waals surface area contributed by atoms with Gasteiger partial charge in [0.2, 0.25) is 0 Å². The monoisotopic (exact) mass is 328 g/mol. The van der Waals surface area contributed by atoms with Crippen LogP contribution in [0.15, 0.2) is 0 Å². The lowest BCUT2D eigenvalue weighted by molar-refractivity contribution is 0.00437. The first-order valence-electron chi connectivity index (χ1n) is 8.60. The second kappa shape index (κ2) is 7.43. The Hall–Kier alpha value is -0.420. The highest BCUT2D eigenvalue weighted by Crippen LogP contribution is 2.37. The van der Waals surface area contributed by atoms with E-state index in [0.717, 1.165) is 31.4 Å². The van der Waals surface area contributed by atoms with Crippen LogP contribution in [0, 0.1) is 0 Å². The summed E-state index contributed by atoms with van der Waals surface area (Å²) in [6.45, 7) is 8.07. The number of fused-ring (bicyclic) bond motifs is 2. The summed E-state index contributed by atoms with van der Waals surface area (Å²) >= 11 is 1.90. The van der Waals surface area contributed by atoms with Gasteiger partial charge in [-0.15, -0.1) is 0 Å². The molecule has 1 N–H and O–H groups in total. The lowest BCUT2D eigenvalue weighted by atomic mass is 9.96. The van der Waals surface area contributed by atoms with Crippen molar-refractivity contribution >= 4 is 17.9 Å². The molecule has 2 heterocycles. The van der Waals surface area contributed by atoms with Crippen LogP contribution in [0.1, 0.15) is 59.8 Å². The van der Waals surface area contributed by atoms with Gasteiger partial charge in [0.25, 0.3) is 0 Å². The van der Waals surface area contributed by atoms with Gasteiger partial charge in [-0.25, -0.2) is 4.79 Å². The number of hydrogen-bond donors (Lipinski definition) is 1. The molecule has 2 saturated heterocycles. The van der Waals surface area contributed by atoms with E-state index in [1.165, 1.54) is 6.42 Å². The number of amides is 1. The molecular weight excluding hydrogens is 296 g/mol. The van der Waals surface area contributed by atoms with Crippen molar-refractivity contribution in [1.29, 1.82) is 0 Å². The lowest BCUT2D eigenvalue weighted by Crippen LogP contribution is -2.54.